The Morgan fingerprint density at radius 2 is 1.33 bits per heavy atom. The molecular formula is C18H22BrClSi. The number of rotatable bonds is 6. The number of benzene rings is 2. The van der Waals surface area contributed by atoms with Crippen LogP contribution in [0.3, 0.4) is 0 Å². The first-order valence-electron chi connectivity index (χ1n) is 7.34. The Kier molecular flexibility index (Phi) is 5.70. The van der Waals surface area contributed by atoms with E-state index in [1.165, 1.54) is 17.2 Å². The molecule has 0 atom stereocenters. The Bertz CT molecular complexity index is 509. The quantitative estimate of drug-likeness (QED) is 0.317. The fourth-order valence-electron chi connectivity index (χ4n) is 2.70. The second kappa shape index (κ2) is 7.13. The summed E-state index contributed by atoms with van der Waals surface area (Å²) in [6.07, 6.45) is 1.08. The molecule has 0 bridgehead atoms. The molecule has 0 N–H and O–H groups in total. The molecule has 112 valence electrons. The Morgan fingerprint density at radius 1 is 0.905 bits per heavy atom. The molecule has 0 fully saturated rings. The van der Waals surface area contributed by atoms with E-state index in [4.69, 9.17) is 11.6 Å². The summed E-state index contributed by atoms with van der Waals surface area (Å²) in [7, 11) is 0. The molecule has 3 heteroatoms. The summed E-state index contributed by atoms with van der Waals surface area (Å²) < 4.78 is 0. The van der Waals surface area contributed by atoms with Gasteiger partial charge in [-0.15, -0.1) is 26.9 Å². The summed E-state index contributed by atoms with van der Waals surface area (Å²) in [5.74, 6) is 0.610. The Morgan fingerprint density at radius 3 is 1.67 bits per heavy atom. The summed E-state index contributed by atoms with van der Waals surface area (Å²) in [5.41, 5.74) is 2.54. The van der Waals surface area contributed by atoms with Crippen molar-refractivity contribution in [3.63, 3.8) is 0 Å². The first-order valence-corrected chi connectivity index (χ1v) is 13.3. The summed E-state index contributed by atoms with van der Waals surface area (Å²) in [4.78, 5) is 0. The van der Waals surface area contributed by atoms with Crippen LogP contribution < -0.4 is 0 Å². The molecule has 0 saturated carbocycles. The first kappa shape index (κ1) is 16.8. The Hall–Kier alpha value is -0.573. The van der Waals surface area contributed by atoms with Gasteiger partial charge in [0.25, 0.3) is 0 Å². The van der Waals surface area contributed by atoms with Gasteiger partial charge in [-0.3, -0.25) is 0 Å². The van der Waals surface area contributed by atoms with Gasteiger partial charge >= 0.3 is 0 Å². The van der Waals surface area contributed by atoms with Gasteiger partial charge in [-0.2, -0.15) is 0 Å². The molecule has 0 unspecified atom stereocenters. The molecule has 0 aliphatic heterocycles. The van der Waals surface area contributed by atoms with E-state index in [2.05, 4.69) is 89.1 Å². The van der Waals surface area contributed by atoms with Crippen molar-refractivity contribution in [3.05, 3.63) is 71.8 Å². The molecule has 2 rings (SSSR count). The van der Waals surface area contributed by atoms with Crippen LogP contribution in [-0.2, 0) is 5.41 Å². The summed E-state index contributed by atoms with van der Waals surface area (Å²) in [5, 5.41) is 0. The number of alkyl halides is 1. The fourth-order valence-corrected chi connectivity index (χ4v) is 4.76. The predicted octanol–water partition coefficient (Wildman–Crippen LogP) is 6.20. The van der Waals surface area contributed by atoms with E-state index >= 15 is 0 Å². The normalized spacial score (nSPS) is 12.4. The van der Waals surface area contributed by atoms with E-state index in [1.54, 1.807) is 0 Å². The molecule has 0 saturated heterocycles. The molecule has 0 amide bonds. The largest absolute Gasteiger partial charge is 0.127 e. The monoisotopic (exact) mass is 380 g/mol. The number of halogens is 2. The molecule has 2 aromatic rings. The van der Waals surface area contributed by atoms with Crippen LogP contribution in [0.4, 0.5) is 0 Å². The smallest absolute Gasteiger partial charge is 0.124 e. The van der Waals surface area contributed by atoms with Crippen LogP contribution >= 0.6 is 26.9 Å². The highest BCUT2D eigenvalue weighted by atomic mass is 79.9. The van der Waals surface area contributed by atoms with Crippen LogP contribution in [0.15, 0.2) is 60.7 Å². The van der Waals surface area contributed by atoms with E-state index in [0.717, 1.165) is 6.42 Å². The van der Waals surface area contributed by atoms with Gasteiger partial charge in [-0.1, -0.05) is 73.8 Å². The Labute approximate surface area is 142 Å². The van der Waals surface area contributed by atoms with E-state index in [-0.39, 0.29) is 5.41 Å². The zero-order valence-corrected chi connectivity index (χ0v) is 16.0. The van der Waals surface area contributed by atoms with Gasteiger partial charge < -0.3 is 0 Å². The highest BCUT2D eigenvalue weighted by Crippen LogP contribution is 2.40. The second-order valence-electron chi connectivity index (χ2n) is 6.17. The molecule has 0 heterocycles. The van der Waals surface area contributed by atoms with Crippen molar-refractivity contribution < 1.29 is 0 Å². The van der Waals surface area contributed by atoms with Crippen LogP contribution in [0.1, 0.15) is 17.5 Å². The standard InChI is InChI=1S/C18H22BrClSi/c1-21(2,19)14-13-18(15-20,16-9-5-3-6-10-16)17-11-7-4-8-12-17/h3-12H,13-15H2,1-2H3. The van der Waals surface area contributed by atoms with Crippen molar-refractivity contribution >= 4 is 33.6 Å². The zero-order valence-electron chi connectivity index (χ0n) is 12.7. The van der Waals surface area contributed by atoms with Crippen LogP contribution in [0.2, 0.25) is 19.1 Å². The van der Waals surface area contributed by atoms with E-state index in [0.29, 0.717) is 5.88 Å². The SMILES string of the molecule is C[Si](C)(Br)CCC(CCl)(c1ccccc1)c1ccccc1. The molecule has 0 nitrogen and oxygen atoms in total. The number of hydrogen-bond acceptors (Lipinski definition) is 0. The van der Waals surface area contributed by atoms with Gasteiger partial charge in [-0.25, -0.2) is 0 Å². The van der Waals surface area contributed by atoms with Crippen molar-refractivity contribution in [2.45, 2.75) is 31.0 Å². The molecule has 2 aromatic carbocycles. The minimum absolute atomic E-state index is 0.0951. The summed E-state index contributed by atoms with van der Waals surface area (Å²) >= 11 is 10.4. The molecule has 0 radical (unpaired) electrons. The lowest BCUT2D eigenvalue weighted by Gasteiger charge is -2.35. The maximum atomic E-state index is 6.52. The van der Waals surface area contributed by atoms with Crippen molar-refractivity contribution in [2.24, 2.45) is 0 Å². The topological polar surface area (TPSA) is 0 Å². The third-order valence-electron chi connectivity index (χ3n) is 4.03. The third-order valence-corrected chi connectivity index (χ3v) is 7.11. The average molecular weight is 382 g/mol. The van der Waals surface area contributed by atoms with Gasteiger partial charge in [-0.05, 0) is 23.6 Å². The molecule has 0 aromatic heterocycles. The zero-order chi connectivity index (χ0) is 15.3. The lowest BCUT2D eigenvalue weighted by atomic mass is 9.74. The lowest BCUT2D eigenvalue weighted by molar-refractivity contribution is 0.554. The average Bonchev–Trinajstić information content (AvgIpc) is 2.49. The number of hydrogen-bond donors (Lipinski definition) is 0. The van der Waals surface area contributed by atoms with Gasteiger partial charge in [0, 0.05) is 11.3 Å². The molecule has 21 heavy (non-hydrogen) atoms. The third kappa shape index (κ3) is 4.21. The fraction of sp³-hybridized carbons (Fsp3) is 0.333. The van der Waals surface area contributed by atoms with Crippen LogP contribution in [0.5, 0.6) is 0 Å². The van der Waals surface area contributed by atoms with Gasteiger partial charge in [0.05, 0.1) is 0 Å². The first-order chi connectivity index (χ1) is 9.98. The van der Waals surface area contributed by atoms with Crippen molar-refractivity contribution in [2.75, 3.05) is 5.88 Å². The van der Waals surface area contributed by atoms with Gasteiger partial charge in [0.15, 0.2) is 0 Å². The lowest BCUT2D eigenvalue weighted by Crippen LogP contribution is -2.32. The predicted molar refractivity (Wildman–Crippen MR) is 100 cm³/mol. The van der Waals surface area contributed by atoms with Crippen molar-refractivity contribution in [1.29, 1.82) is 0 Å². The highest BCUT2D eigenvalue weighted by Gasteiger charge is 2.35. The molecular weight excluding hydrogens is 360 g/mol. The van der Waals surface area contributed by atoms with Crippen LogP contribution in [0.25, 0.3) is 0 Å². The maximum Gasteiger partial charge on any atom is 0.124 e. The minimum Gasteiger partial charge on any atom is -0.127 e. The Balaban J connectivity index is 2.47. The summed E-state index contributed by atoms with van der Waals surface area (Å²) in [6.45, 7) is 3.40. The van der Waals surface area contributed by atoms with E-state index in [1.807, 2.05) is 0 Å². The van der Waals surface area contributed by atoms with Crippen molar-refractivity contribution in [3.8, 4) is 0 Å². The van der Waals surface area contributed by atoms with Crippen LogP contribution in [-0.4, -0.2) is 12.6 Å². The minimum atomic E-state index is -1.30. The van der Waals surface area contributed by atoms with Crippen molar-refractivity contribution in [1.82, 2.24) is 0 Å². The highest BCUT2D eigenvalue weighted by molar-refractivity contribution is 9.26. The molecule has 0 aliphatic rings. The maximum absolute atomic E-state index is 6.52. The molecule has 0 aliphatic carbocycles. The van der Waals surface area contributed by atoms with Crippen LogP contribution in [0, 0.1) is 0 Å². The van der Waals surface area contributed by atoms with Gasteiger partial charge in [0.1, 0.15) is 6.69 Å². The molecule has 0 spiro atoms. The van der Waals surface area contributed by atoms with Gasteiger partial charge in [0.2, 0.25) is 0 Å². The van der Waals surface area contributed by atoms with E-state index in [9.17, 15) is 0 Å². The van der Waals surface area contributed by atoms with E-state index < -0.39 is 6.69 Å². The second-order valence-corrected chi connectivity index (χ2v) is 16.8. The summed E-state index contributed by atoms with van der Waals surface area (Å²) in [6, 6.07) is 22.6.